The second-order valence-electron chi connectivity index (χ2n) is 10.6. The third kappa shape index (κ3) is 12.5. The maximum atomic E-state index is 14.3. The minimum absolute atomic E-state index is 0.201. The van der Waals surface area contributed by atoms with Crippen LogP contribution < -0.4 is 21.4 Å². The van der Waals surface area contributed by atoms with Crippen LogP contribution in [-0.4, -0.2) is 78.7 Å². The fourth-order valence-electron chi connectivity index (χ4n) is 4.91. The van der Waals surface area contributed by atoms with Crippen LogP contribution in [0.5, 0.6) is 0 Å². The van der Waals surface area contributed by atoms with Gasteiger partial charge in [-0.1, -0.05) is 48.5 Å². The minimum atomic E-state index is -1.13. The summed E-state index contributed by atoms with van der Waals surface area (Å²) in [7, 11) is 0. The fraction of sp³-hybridized carbons (Fsp3) is 0.455. The molecule has 0 aliphatic carbocycles. The van der Waals surface area contributed by atoms with Crippen molar-refractivity contribution in [2.75, 3.05) is 26.4 Å². The van der Waals surface area contributed by atoms with Crippen molar-refractivity contribution in [3.05, 3.63) is 71.1 Å². The van der Waals surface area contributed by atoms with E-state index in [2.05, 4.69) is 21.4 Å². The van der Waals surface area contributed by atoms with E-state index in [-0.39, 0.29) is 32.0 Å². The molecule has 47 heavy (non-hydrogen) atoms. The smallest absolute Gasteiger partial charge is 0.404 e. The molecule has 2 aromatic carbocycles. The molecule has 2 atom stereocenters. The number of benzene rings is 2. The van der Waals surface area contributed by atoms with Crippen LogP contribution in [0.4, 0.5) is 9.59 Å². The maximum absolute atomic E-state index is 14.3. The summed E-state index contributed by atoms with van der Waals surface area (Å²) in [6.07, 6.45) is -0.710. The third-order valence-corrected chi connectivity index (χ3v) is 8.24. The van der Waals surface area contributed by atoms with Gasteiger partial charge in [-0.25, -0.2) is 15.1 Å². The van der Waals surface area contributed by atoms with Gasteiger partial charge in [-0.3, -0.25) is 14.4 Å². The van der Waals surface area contributed by atoms with Crippen molar-refractivity contribution >= 4 is 45.4 Å². The van der Waals surface area contributed by atoms with Gasteiger partial charge in [0.1, 0.15) is 6.04 Å². The first kappa shape index (κ1) is 37.2. The molecule has 0 aliphatic heterocycles. The lowest BCUT2D eigenvalue weighted by Crippen LogP contribution is -2.55. The molecule has 1 heterocycles. The Balaban J connectivity index is 1.74. The third-order valence-electron chi connectivity index (χ3n) is 7.23. The van der Waals surface area contributed by atoms with Crippen molar-refractivity contribution in [1.29, 1.82) is 0 Å². The van der Waals surface area contributed by atoms with Crippen LogP contribution in [0.25, 0.3) is 10.1 Å². The number of carbonyl (C=O) groups excluding carboxylic acids is 3. The number of amides is 5. The summed E-state index contributed by atoms with van der Waals surface area (Å²) in [5, 5.41) is 19.7. The first-order chi connectivity index (χ1) is 22.7. The first-order valence-electron chi connectivity index (χ1n) is 15.7. The second-order valence-corrected chi connectivity index (χ2v) is 11.6. The Morgan fingerprint density at radius 1 is 0.936 bits per heavy atom. The summed E-state index contributed by atoms with van der Waals surface area (Å²) < 4.78 is 12.8. The lowest BCUT2D eigenvalue weighted by atomic mass is 10.0. The number of nitrogens with one attached hydrogen (secondary N) is 4. The van der Waals surface area contributed by atoms with Gasteiger partial charge in [0.2, 0.25) is 11.8 Å². The van der Waals surface area contributed by atoms with Gasteiger partial charge < -0.3 is 35.4 Å². The number of urea groups is 1. The van der Waals surface area contributed by atoms with Gasteiger partial charge >= 0.3 is 12.1 Å². The molecule has 256 valence electrons. The van der Waals surface area contributed by atoms with Gasteiger partial charge in [-0.2, -0.15) is 0 Å². The summed E-state index contributed by atoms with van der Waals surface area (Å²) in [5.74, 6) is -0.972. The van der Waals surface area contributed by atoms with Crippen LogP contribution in [0.3, 0.4) is 0 Å². The molecule has 0 aliphatic rings. The van der Waals surface area contributed by atoms with Gasteiger partial charge in [0.05, 0.1) is 6.04 Å². The topological polar surface area (TPSA) is 168 Å². The van der Waals surface area contributed by atoms with E-state index in [0.29, 0.717) is 26.1 Å². The van der Waals surface area contributed by atoms with E-state index >= 15 is 0 Å². The molecule has 0 unspecified atom stereocenters. The molecule has 0 radical (unpaired) electrons. The molecule has 14 heteroatoms. The van der Waals surface area contributed by atoms with Crippen molar-refractivity contribution in [2.24, 2.45) is 0 Å². The highest BCUT2D eigenvalue weighted by molar-refractivity contribution is 7.17. The Kier molecular flexibility index (Phi) is 15.9. The summed E-state index contributed by atoms with van der Waals surface area (Å²) in [5.41, 5.74) is 4.03. The molecule has 5 amide bonds. The Labute approximate surface area is 278 Å². The van der Waals surface area contributed by atoms with Crippen LogP contribution in [0.2, 0.25) is 0 Å². The number of ether oxygens (including phenoxy) is 2. The predicted octanol–water partition coefficient (Wildman–Crippen LogP) is 4.37. The molecule has 0 saturated heterocycles. The number of unbranched alkanes of at least 4 members (excludes halogenated alkanes) is 1. The number of fused-ring (bicyclic) bond motifs is 1. The number of carbonyl (C=O) groups is 4. The maximum Gasteiger partial charge on any atom is 0.404 e. The summed E-state index contributed by atoms with van der Waals surface area (Å²) >= 11 is 1.58. The van der Waals surface area contributed by atoms with Crippen molar-refractivity contribution in [3.63, 3.8) is 0 Å². The van der Waals surface area contributed by atoms with Crippen molar-refractivity contribution < 1.29 is 38.6 Å². The summed E-state index contributed by atoms with van der Waals surface area (Å²) in [6.45, 7) is 6.47. The zero-order valence-electron chi connectivity index (χ0n) is 27.0. The zero-order valence-corrected chi connectivity index (χ0v) is 27.8. The van der Waals surface area contributed by atoms with E-state index in [9.17, 15) is 19.2 Å². The van der Waals surface area contributed by atoms with E-state index in [1.165, 1.54) is 0 Å². The van der Waals surface area contributed by atoms with Crippen LogP contribution in [0.15, 0.2) is 60.0 Å². The van der Waals surface area contributed by atoms with Gasteiger partial charge in [0, 0.05) is 37.5 Å². The minimum Gasteiger partial charge on any atom is -0.465 e. The van der Waals surface area contributed by atoms with Crippen LogP contribution >= 0.6 is 11.3 Å². The monoisotopic (exact) mass is 671 g/mol. The number of thiophene rings is 1. The van der Waals surface area contributed by atoms with Gasteiger partial charge in [0.25, 0.3) is 0 Å². The lowest BCUT2D eigenvalue weighted by Gasteiger charge is -2.36. The molecule has 13 nitrogen and oxygen atoms in total. The zero-order chi connectivity index (χ0) is 34.0. The molecule has 0 saturated carbocycles. The number of nitrogens with zero attached hydrogens (tertiary/aromatic N) is 1. The quantitative estimate of drug-likeness (QED) is 0.0671. The largest absolute Gasteiger partial charge is 0.465 e. The molecular formula is C33H45N5O8S. The highest BCUT2D eigenvalue weighted by atomic mass is 32.1. The van der Waals surface area contributed by atoms with Gasteiger partial charge in [-0.05, 0) is 68.0 Å². The van der Waals surface area contributed by atoms with Crippen molar-refractivity contribution in [1.82, 2.24) is 26.3 Å². The molecule has 0 bridgehead atoms. The Bertz CT molecular complexity index is 1420. The second kappa shape index (κ2) is 20.1. The normalized spacial score (nSPS) is 12.3. The van der Waals surface area contributed by atoms with Crippen LogP contribution in [0.1, 0.15) is 51.2 Å². The van der Waals surface area contributed by atoms with Crippen LogP contribution in [-0.2, 0) is 37.0 Å². The van der Waals surface area contributed by atoms with E-state index < -0.39 is 43.0 Å². The highest BCUT2D eigenvalue weighted by Crippen LogP contribution is 2.28. The van der Waals surface area contributed by atoms with E-state index in [1.807, 2.05) is 80.7 Å². The predicted molar refractivity (Wildman–Crippen MR) is 178 cm³/mol. The number of rotatable bonds is 20. The summed E-state index contributed by atoms with van der Waals surface area (Å²) in [4.78, 5) is 57.2. The average molecular weight is 672 g/mol. The van der Waals surface area contributed by atoms with Gasteiger partial charge in [-0.15, -0.1) is 11.3 Å². The average Bonchev–Trinajstić information content (AvgIpc) is 3.48. The van der Waals surface area contributed by atoms with E-state index in [0.717, 1.165) is 21.2 Å². The Morgan fingerprint density at radius 2 is 1.64 bits per heavy atom. The molecule has 0 fully saturated rings. The summed E-state index contributed by atoms with van der Waals surface area (Å²) in [6, 6.07) is 15.1. The van der Waals surface area contributed by atoms with Crippen molar-refractivity contribution in [2.45, 2.75) is 71.5 Å². The SMILES string of the molecule is CCOC(OCC)[C@H](C)N(Cc1csc2ccccc12)C(=O)[C@H](CCCCNC(=O)O)NC(=O)CONC(=O)NCc1ccccc1. The number of hydrogen-bond acceptors (Lipinski definition) is 8. The number of carboxylic acid groups (broad SMARTS) is 1. The molecular weight excluding hydrogens is 626 g/mol. The van der Waals surface area contributed by atoms with Crippen molar-refractivity contribution in [3.8, 4) is 0 Å². The molecule has 1 aromatic heterocycles. The highest BCUT2D eigenvalue weighted by Gasteiger charge is 2.34. The number of hydroxylamine groups is 1. The molecule has 5 N–H and O–H groups in total. The molecule has 3 aromatic rings. The lowest BCUT2D eigenvalue weighted by molar-refractivity contribution is -0.180. The molecule has 0 spiro atoms. The Hall–Kier alpha value is -4.24. The standard InChI is InChI=1S/C33H45N5O8S/c1-4-44-31(45-5-2)23(3)38(20-25-22-47-28-17-10-9-15-26(25)28)30(40)27(16-11-12-18-34-33(42)43)36-29(39)21-46-37-32(41)35-19-24-13-7-6-8-14-24/h6-10,13-15,17,22-23,27,31,34H,4-5,11-12,16,18-21H2,1-3H3,(H,36,39)(H,42,43)(H2,35,37,41)/t23-,27-/m0/s1. The van der Waals surface area contributed by atoms with Crippen LogP contribution in [0, 0.1) is 0 Å². The van der Waals surface area contributed by atoms with E-state index in [4.69, 9.17) is 19.4 Å². The number of hydrogen-bond donors (Lipinski definition) is 5. The fourth-order valence-corrected chi connectivity index (χ4v) is 5.86. The van der Waals surface area contributed by atoms with E-state index in [1.54, 1.807) is 16.2 Å². The first-order valence-corrected chi connectivity index (χ1v) is 16.6. The Morgan fingerprint density at radius 3 is 2.34 bits per heavy atom. The van der Waals surface area contributed by atoms with Gasteiger partial charge in [0.15, 0.2) is 12.9 Å². The molecule has 3 rings (SSSR count).